The Labute approximate surface area is 119 Å². The van der Waals surface area contributed by atoms with Gasteiger partial charge < -0.3 is 9.47 Å². The number of hydrogen-bond acceptors (Lipinski definition) is 3. The SMILES string of the molecule is C=C(C)/C=C\C(=C)OC.CCC(=O)OC.CCCC. The number of carbonyl (C=O) groups is 1. The van der Waals surface area contributed by atoms with Crippen molar-refractivity contribution in [2.45, 2.75) is 47.0 Å². The molecule has 0 bridgehead atoms. The summed E-state index contributed by atoms with van der Waals surface area (Å²) in [5, 5.41) is 0. The van der Waals surface area contributed by atoms with E-state index in [0.717, 1.165) is 5.57 Å². The van der Waals surface area contributed by atoms with Crippen LogP contribution in [0.5, 0.6) is 0 Å². The van der Waals surface area contributed by atoms with Crippen LogP contribution in [-0.4, -0.2) is 20.2 Å². The highest BCUT2D eigenvalue weighted by atomic mass is 16.5. The third-order valence-corrected chi connectivity index (χ3v) is 1.83. The summed E-state index contributed by atoms with van der Waals surface area (Å²) in [6.07, 6.45) is 6.74. The number of rotatable bonds is 5. The van der Waals surface area contributed by atoms with Crippen molar-refractivity contribution in [1.29, 1.82) is 0 Å². The first-order chi connectivity index (χ1) is 8.89. The van der Waals surface area contributed by atoms with Gasteiger partial charge in [0, 0.05) is 6.42 Å². The van der Waals surface area contributed by atoms with E-state index in [4.69, 9.17) is 4.74 Å². The van der Waals surface area contributed by atoms with Crippen molar-refractivity contribution < 1.29 is 14.3 Å². The summed E-state index contributed by atoms with van der Waals surface area (Å²) >= 11 is 0. The fraction of sp³-hybridized carbons (Fsp3) is 0.562. The highest BCUT2D eigenvalue weighted by molar-refractivity contribution is 5.68. The highest BCUT2D eigenvalue weighted by Gasteiger charge is 1.87. The van der Waals surface area contributed by atoms with Gasteiger partial charge in [0.1, 0.15) is 5.76 Å². The maximum absolute atomic E-state index is 9.96. The molecule has 0 unspecified atom stereocenters. The minimum absolute atomic E-state index is 0.157. The minimum Gasteiger partial charge on any atom is -0.497 e. The number of unbranched alkanes of at least 4 members (excludes halogenated alkanes) is 1. The molecule has 0 heterocycles. The molecular weight excluding hydrogens is 240 g/mol. The van der Waals surface area contributed by atoms with Gasteiger partial charge in [0.15, 0.2) is 0 Å². The number of esters is 1. The summed E-state index contributed by atoms with van der Waals surface area (Å²) in [5.74, 6) is 0.494. The quantitative estimate of drug-likeness (QED) is 0.414. The van der Waals surface area contributed by atoms with Crippen LogP contribution < -0.4 is 0 Å². The van der Waals surface area contributed by atoms with Crippen molar-refractivity contribution in [2.24, 2.45) is 0 Å². The lowest BCUT2D eigenvalue weighted by Crippen LogP contribution is -1.94. The summed E-state index contributed by atoms with van der Waals surface area (Å²) in [7, 11) is 2.97. The lowest BCUT2D eigenvalue weighted by molar-refractivity contribution is -0.140. The number of carbonyl (C=O) groups excluding carboxylic acids is 1. The minimum atomic E-state index is -0.157. The van der Waals surface area contributed by atoms with Crippen LogP contribution in [0.2, 0.25) is 0 Å². The number of allylic oxidation sites excluding steroid dienone is 3. The van der Waals surface area contributed by atoms with Gasteiger partial charge >= 0.3 is 5.97 Å². The fourth-order valence-corrected chi connectivity index (χ4v) is 0.448. The van der Waals surface area contributed by atoms with Crippen LogP contribution in [0.15, 0.2) is 36.6 Å². The van der Waals surface area contributed by atoms with Crippen LogP contribution >= 0.6 is 0 Å². The lowest BCUT2D eigenvalue weighted by Gasteiger charge is -1.93. The zero-order chi connectivity index (χ0) is 15.7. The Morgan fingerprint density at radius 1 is 1.00 bits per heavy atom. The standard InChI is InChI=1S/C8H12O.C4H8O2.C4H10/c1-7(2)5-6-8(3)9-4;1-3-4(5)6-2;1-3-4-2/h5-6H,1,3H2,2,4H3;3H2,1-2H3;3-4H2,1-2H3/b6-5-;;. The molecule has 0 aromatic heterocycles. The maximum atomic E-state index is 9.96. The van der Waals surface area contributed by atoms with Crippen LogP contribution in [0.4, 0.5) is 0 Å². The lowest BCUT2D eigenvalue weighted by atomic mass is 10.3. The van der Waals surface area contributed by atoms with Gasteiger partial charge in [-0.2, -0.15) is 0 Å². The van der Waals surface area contributed by atoms with E-state index in [2.05, 4.69) is 31.7 Å². The van der Waals surface area contributed by atoms with E-state index in [1.165, 1.54) is 20.0 Å². The van der Waals surface area contributed by atoms with Gasteiger partial charge in [-0.3, -0.25) is 4.79 Å². The second kappa shape index (κ2) is 18.8. The molecule has 0 spiro atoms. The normalized spacial score (nSPS) is 8.53. The summed E-state index contributed by atoms with van der Waals surface area (Å²) < 4.78 is 9.04. The van der Waals surface area contributed by atoms with Crippen molar-refractivity contribution in [3.63, 3.8) is 0 Å². The van der Waals surface area contributed by atoms with Crippen molar-refractivity contribution in [2.75, 3.05) is 14.2 Å². The predicted molar refractivity (Wildman–Crippen MR) is 83.0 cm³/mol. The molecule has 0 aliphatic rings. The zero-order valence-corrected chi connectivity index (χ0v) is 13.4. The third-order valence-electron chi connectivity index (χ3n) is 1.83. The highest BCUT2D eigenvalue weighted by Crippen LogP contribution is 1.96. The summed E-state index contributed by atoms with van der Waals surface area (Å²) in [5.41, 5.74) is 0.994. The molecule has 0 saturated carbocycles. The Hall–Kier alpha value is -1.51. The van der Waals surface area contributed by atoms with E-state index in [0.29, 0.717) is 12.2 Å². The van der Waals surface area contributed by atoms with Gasteiger partial charge in [-0.05, 0) is 13.0 Å². The Kier molecular flexibility index (Phi) is 22.5. The smallest absolute Gasteiger partial charge is 0.305 e. The zero-order valence-electron chi connectivity index (χ0n) is 13.4. The number of methoxy groups -OCH3 is 2. The molecule has 0 amide bonds. The number of ether oxygens (including phenoxy) is 2. The van der Waals surface area contributed by atoms with Gasteiger partial charge in [-0.25, -0.2) is 0 Å². The Morgan fingerprint density at radius 3 is 1.63 bits per heavy atom. The van der Waals surface area contributed by atoms with E-state index in [-0.39, 0.29) is 5.97 Å². The van der Waals surface area contributed by atoms with E-state index >= 15 is 0 Å². The molecule has 0 radical (unpaired) electrons. The second-order valence-corrected chi connectivity index (χ2v) is 3.78. The molecule has 3 heteroatoms. The molecule has 0 aliphatic heterocycles. The second-order valence-electron chi connectivity index (χ2n) is 3.78. The first-order valence-electron chi connectivity index (χ1n) is 6.52. The average molecular weight is 270 g/mol. The van der Waals surface area contributed by atoms with Crippen LogP contribution in [0.1, 0.15) is 47.0 Å². The fourth-order valence-electron chi connectivity index (χ4n) is 0.448. The molecular formula is C16H30O3. The predicted octanol–water partition coefficient (Wildman–Crippen LogP) is 4.65. The first kappa shape index (κ1) is 22.7. The molecule has 0 aliphatic carbocycles. The van der Waals surface area contributed by atoms with Gasteiger partial charge in [-0.15, -0.1) is 0 Å². The van der Waals surface area contributed by atoms with Crippen LogP contribution in [-0.2, 0) is 14.3 Å². The molecule has 0 aromatic carbocycles. The third kappa shape index (κ3) is 31.5. The topological polar surface area (TPSA) is 35.5 Å². The molecule has 19 heavy (non-hydrogen) atoms. The molecule has 0 rings (SSSR count). The van der Waals surface area contributed by atoms with Gasteiger partial charge in [0.2, 0.25) is 0 Å². The molecule has 0 saturated heterocycles. The van der Waals surface area contributed by atoms with Crippen LogP contribution in [0, 0.1) is 0 Å². The number of hydrogen-bond donors (Lipinski definition) is 0. The van der Waals surface area contributed by atoms with E-state index in [1.807, 2.05) is 13.0 Å². The Morgan fingerprint density at radius 2 is 1.47 bits per heavy atom. The van der Waals surface area contributed by atoms with Crippen molar-refractivity contribution in [3.05, 3.63) is 36.6 Å². The molecule has 3 nitrogen and oxygen atoms in total. The maximum Gasteiger partial charge on any atom is 0.305 e. The Bertz CT molecular complexity index is 257. The van der Waals surface area contributed by atoms with Gasteiger partial charge in [0.05, 0.1) is 14.2 Å². The van der Waals surface area contributed by atoms with Crippen LogP contribution in [0.25, 0.3) is 0 Å². The first-order valence-corrected chi connectivity index (χ1v) is 6.52. The van der Waals surface area contributed by atoms with Crippen molar-refractivity contribution in [3.8, 4) is 0 Å². The summed E-state index contributed by atoms with van der Waals surface area (Å²) in [4.78, 5) is 9.96. The molecule has 0 atom stereocenters. The largest absolute Gasteiger partial charge is 0.497 e. The Balaban J connectivity index is -0.000000222. The molecule has 0 fully saturated rings. The van der Waals surface area contributed by atoms with E-state index in [1.54, 1.807) is 20.1 Å². The van der Waals surface area contributed by atoms with Gasteiger partial charge in [-0.1, -0.05) is 58.4 Å². The molecule has 0 aromatic rings. The van der Waals surface area contributed by atoms with E-state index < -0.39 is 0 Å². The van der Waals surface area contributed by atoms with Gasteiger partial charge in [0.25, 0.3) is 0 Å². The van der Waals surface area contributed by atoms with E-state index in [9.17, 15) is 4.79 Å². The molecule has 0 N–H and O–H groups in total. The summed E-state index contributed by atoms with van der Waals surface area (Å²) in [6.45, 7) is 15.3. The monoisotopic (exact) mass is 270 g/mol. The van der Waals surface area contributed by atoms with Crippen LogP contribution in [0.3, 0.4) is 0 Å². The van der Waals surface area contributed by atoms with Crippen molar-refractivity contribution >= 4 is 5.97 Å². The molecule has 112 valence electrons. The summed E-state index contributed by atoms with van der Waals surface area (Å²) in [6, 6.07) is 0. The average Bonchev–Trinajstić information content (AvgIpc) is 2.44. The van der Waals surface area contributed by atoms with Crippen molar-refractivity contribution in [1.82, 2.24) is 0 Å².